The highest BCUT2D eigenvalue weighted by atomic mass is 16.5. The zero-order valence-electron chi connectivity index (χ0n) is 32.5. The van der Waals surface area contributed by atoms with E-state index < -0.39 is 0 Å². The van der Waals surface area contributed by atoms with E-state index >= 15 is 0 Å². The molecule has 0 aliphatic rings. The van der Waals surface area contributed by atoms with Crippen molar-refractivity contribution < 1.29 is 47.4 Å². The van der Waals surface area contributed by atoms with E-state index in [-0.39, 0.29) is 70.1 Å². The smallest absolute Gasteiger partial charge is 0.176 e. The lowest BCUT2D eigenvalue weighted by atomic mass is 9.91. The summed E-state index contributed by atoms with van der Waals surface area (Å²) >= 11 is 0. The highest BCUT2D eigenvalue weighted by Gasteiger charge is 2.34. The van der Waals surface area contributed by atoms with Gasteiger partial charge in [0.15, 0.2) is 23.0 Å². The van der Waals surface area contributed by atoms with E-state index in [1.54, 1.807) is 73.9 Å². The molecule has 0 radical (unpaired) electrons. The first-order valence-corrected chi connectivity index (χ1v) is 17.6. The SMILES string of the molecule is C=CCO/C(C=C)=C(\OCC=C)c1c(OCC=C)cc(OC)c(-c2c(OC)cc(OCC=C)c3c(OCC=C)c(OCC=C)cc(OCC=C)c23)c1OCC=C. The molecule has 3 aromatic rings. The van der Waals surface area contributed by atoms with Gasteiger partial charge in [0, 0.05) is 29.1 Å². The molecule has 0 heterocycles. The molecular weight excluding hydrogens is 712 g/mol. The molecule has 296 valence electrons. The topological polar surface area (TPSA) is 92.3 Å². The summed E-state index contributed by atoms with van der Waals surface area (Å²) in [6.07, 6.45) is 14.5. The minimum atomic E-state index is 0.0492. The molecule has 56 heavy (non-hydrogen) atoms. The quantitative estimate of drug-likeness (QED) is 0.0386. The van der Waals surface area contributed by atoms with Gasteiger partial charge >= 0.3 is 0 Å². The summed E-state index contributed by atoms with van der Waals surface area (Å²) in [7, 11) is 3.07. The minimum Gasteiger partial charge on any atom is -0.496 e. The van der Waals surface area contributed by atoms with Crippen LogP contribution in [0.2, 0.25) is 0 Å². The summed E-state index contributed by atoms with van der Waals surface area (Å²) < 4.78 is 63.0. The van der Waals surface area contributed by atoms with Crippen molar-refractivity contribution in [1.82, 2.24) is 0 Å². The van der Waals surface area contributed by atoms with Gasteiger partial charge < -0.3 is 47.4 Å². The normalized spacial score (nSPS) is 10.8. The fourth-order valence-electron chi connectivity index (χ4n) is 5.51. The van der Waals surface area contributed by atoms with E-state index in [0.29, 0.717) is 67.7 Å². The molecule has 0 N–H and O–H groups in total. The first-order chi connectivity index (χ1) is 27.4. The van der Waals surface area contributed by atoms with Crippen molar-refractivity contribution in [3.63, 3.8) is 0 Å². The molecule has 0 bridgehead atoms. The Morgan fingerprint density at radius 2 is 0.839 bits per heavy atom. The molecule has 10 nitrogen and oxygen atoms in total. The Hall–Kier alpha value is -6.68. The Morgan fingerprint density at radius 3 is 1.36 bits per heavy atom. The van der Waals surface area contributed by atoms with Gasteiger partial charge in [-0.15, -0.1) is 0 Å². The molecule has 0 aromatic heterocycles. The van der Waals surface area contributed by atoms with Crippen molar-refractivity contribution in [3.8, 4) is 57.1 Å². The lowest BCUT2D eigenvalue weighted by Crippen LogP contribution is -2.10. The van der Waals surface area contributed by atoms with Crippen LogP contribution in [0.4, 0.5) is 0 Å². The third kappa shape index (κ3) is 10.3. The van der Waals surface area contributed by atoms with E-state index in [2.05, 4.69) is 59.2 Å². The maximum atomic E-state index is 6.64. The molecule has 3 aromatic carbocycles. The van der Waals surface area contributed by atoms with Crippen LogP contribution in [-0.4, -0.2) is 67.1 Å². The molecule has 0 aliphatic heterocycles. The summed E-state index contributed by atoms with van der Waals surface area (Å²) in [5.41, 5.74) is 1.24. The molecule has 0 saturated carbocycles. The number of rotatable bonds is 29. The lowest BCUT2D eigenvalue weighted by Gasteiger charge is -2.27. The van der Waals surface area contributed by atoms with Crippen molar-refractivity contribution >= 4 is 16.5 Å². The van der Waals surface area contributed by atoms with Gasteiger partial charge in [-0.25, -0.2) is 0 Å². The van der Waals surface area contributed by atoms with Crippen LogP contribution in [0, 0.1) is 0 Å². The van der Waals surface area contributed by atoms with Crippen molar-refractivity contribution in [2.45, 2.75) is 0 Å². The third-order valence-corrected chi connectivity index (χ3v) is 7.57. The van der Waals surface area contributed by atoms with E-state index in [0.717, 1.165) is 0 Å². The van der Waals surface area contributed by atoms with Crippen molar-refractivity contribution in [2.75, 3.05) is 67.1 Å². The van der Waals surface area contributed by atoms with Crippen molar-refractivity contribution in [2.24, 2.45) is 0 Å². The van der Waals surface area contributed by atoms with Crippen LogP contribution in [0.5, 0.6) is 46.0 Å². The molecule has 0 spiro atoms. The van der Waals surface area contributed by atoms with E-state index in [4.69, 9.17) is 47.4 Å². The fraction of sp³-hybridized carbons (Fsp3) is 0.217. The second kappa shape index (κ2) is 23.2. The van der Waals surface area contributed by atoms with Crippen molar-refractivity contribution in [3.05, 3.63) is 143 Å². The number of allylic oxidation sites excluding steroid dienone is 1. The average Bonchev–Trinajstić information content (AvgIpc) is 3.22. The largest absolute Gasteiger partial charge is 0.496 e. The molecular formula is C46H52O10. The van der Waals surface area contributed by atoms with Crippen LogP contribution >= 0.6 is 0 Å². The van der Waals surface area contributed by atoms with Crippen LogP contribution in [0.15, 0.2) is 138 Å². The Labute approximate surface area is 330 Å². The highest BCUT2D eigenvalue weighted by Crippen LogP contribution is 2.58. The zero-order valence-corrected chi connectivity index (χ0v) is 32.5. The van der Waals surface area contributed by atoms with Gasteiger partial charge in [-0.05, 0) is 6.08 Å². The average molecular weight is 765 g/mol. The maximum absolute atomic E-state index is 6.64. The molecule has 0 fully saturated rings. The second-order valence-electron chi connectivity index (χ2n) is 11.3. The van der Waals surface area contributed by atoms with E-state index in [1.165, 1.54) is 13.2 Å². The summed E-state index contributed by atoms with van der Waals surface area (Å²) in [6, 6.07) is 5.18. The number of ether oxygens (including phenoxy) is 10. The van der Waals surface area contributed by atoms with Gasteiger partial charge in [0.2, 0.25) is 0 Å². The summed E-state index contributed by atoms with van der Waals surface area (Å²) in [6.45, 7) is 35.9. The Morgan fingerprint density at radius 1 is 0.429 bits per heavy atom. The molecule has 3 rings (SSSR count). The van der Waals surface area contributed by atoms with Gasteiger partial charge in [-0.2, -0.15) is 0 Å². The summed E-state index contributed by atoms with van der Waals surface area (Å²) in [5.74, 6) is 3.21. The number of methoxy groups -OCH3 is 2. The number of hydrogen-bond donors (Lipinski definition) is 0. The van der Waals surface area contributed by atoms with Gasteiger partial charge in [0.05, 0.1) is 25.2 Å². The van der Waals surface area contributed by atoms with Gasteiger partial charge in [0.25, 0.3) is 0 Å². The Balaban J connectivity index is 2.88. The number of fused-ring (bicyclic) bond motifs is 1. The predicted octanol–water partition coefficient (Wildman–Crippen LogP) is 10.2. The standard InChI is InChI=1S/C46H52O10/c1-12-21-49-32(20-9)44(54-26-17-6)43-37(52-24-15-4)30-34(48-11)41(46(43)56-28-19-8)39-33(47-10)29-36(51-23-14-3)42-40(39)35(50-22-13-2)31-38(53-25-16-5)45(42)55-27-18-7/h12-20,29-31H,1-9,21-28H2,10-11H3/b44-32-. The Kier molecular flexibility index (Phi) is 18.1. The van der Waals surface area contributed by atoms with Crippen LogP contribution in [-0.2, 0) is 9.47 Å². The van der Waals surface area contributed by atoms with Crippen LogP contribution in [0.1, 0.15) is 5.56 Å². The second-order valence-corrected chi connectivity index (χ2v) is 11.3. The highest BCUT2D eigenvalue weighted by molar-refractivity contribution is 6.12. The van der Waals surface area contributed by atoms with Crippen LogP contribution < -0.4 is 37.9 Å². The summed E-state index contributed by atoms with van der Waals surface area (Å²) in [5, 5.41) is 0.974. The van der Waals surface area contributed by atoms with Crippen LogP contribution in [0.3, 0.4) is 0 Å². The summed E-state index contributed by atoms with van der Waals surface area (Å²) in [4.78, 5) is 0. The molecule has 0 amide bonds. The van der Waals surface area contributed by atoms with Gasteiger partial charge in [0.1, 0.15) is 92.9 Å². The first kappa shape index (κ1) is 43.7. The molecule has 0 atom stereocenters. The molecule has 0 saturated heterocycles. The number of hydrogen-bond acceptors (Lipinski definition) is 10. The van der Waals surface area contributed by atoms with Crippen LogP contribution in [0.25, 0.3) is 27.7 Å². The molecule has 10 heteroatoms. The van der Waals surface area contributed by atoms with E-state index in [1.807, 2.05) is 0 Å². The van der Waals surface area contributed by atoms with Crippen molar-refractivity contribution in [1.29, 1.82) is 0 Å². The predicted molar refractivity (Wildman–Crippen MR) is 226 cm³/mol. The third-order valence-electron chi connectivity index (χ3n) is 7.57. The first-order valence-electron chi connectivity index (χ1n) is 17.6. The monoisotopic (exact) mass is 764 g/mol. The van der Waals surface area contributed by atoms with E-state index in [9.17, 15) is 0 Å². The fourth-order valence-corrected chi connectivity index (χ4v) is 5.51. The zero-order chi connectivity index (χ0) is 40.9. The lowest BCUT2D eigenvalue weighted by molar-refractivity contribution is 0.233. The molecule has 0 aliphatic carbocycles. The minimum absolute atomic E-state index is 0.0492. The number of benzene rings is 3. The molecule has 0 unspecified atom stereocenters. The Bertz CT molecular complexity index is 1950. The van der Waals surface area contributed by atoms with Gasteiger partial charge in [-0.3, -0.25) is 0 Å². The maximum Gasteiger partial charge on any atom is 0.176 e. The van der Waals surface area contributed by atoms with Gasteiger partial charge in [-0.1, -0.05) is 108 Å².